The monoisotopic (exact) mass is 294 g/mol. The van der Waals surface area contributed by atoms with Crippen LogP contribution in [0.3, 0.4) is 0 Å². The van der Waals surface area contributed by atoms with Crippen LogP contribution in [0, 0.1) is 17.8 Å². The average molecular weight is 294 g/mol. The fourth-order valence-corrected chi connectivity index (χ4v) is 5.53. The molecular weight excluding hydrogens is 260 g/mol. The molecule has 3 nitrogen and oxygen atoms in total. The lowest BCUT2D eigenvalue weighted by molar-refractivity contribution is 0.132. The smallest absolute Gasteiger partial charge is 0.0614 e. The molecule has 0 radical (unpaired) electrons. The van der Waals surface area contributed by atoms with E-state index in [9.17, 15) is 5.11 Å². The van der Waals surface area contributed by atoms with Gasteiger partial charge in [-0.15, -0.1) is 0 Å². The summed E-state index contributed by atoms with van der Waals surface area (Å²) in [5, 5.41) is 13.5. The Bertz CT molecular complexity index is 359. The van der Waals surface area contributed by atoms with Gasteiger partial charge in [0, 0.05) is 24.2 Å². The van der Waals surface area contributed by atoms with E-state index < -0.39 is 0 Å². The van der Waals surface area contributed by atoms with Crippen molar-refractivity contribution in [1.29, 1.82) is 0 Å². The summed E-state index contributed by atoms with van der Waals surface area (Å²) in [6, 6.07) is 1.11. The highest BCUT2D eigenvalue weighted by Crippen LogP contribution is 2.48. The Morgan fingerprint density at radius 2 is 2.05 bits per heavy atom. The van der Waals surface area contributed by atoms with Crippen molar-refractivity contribution in [3.05, 3.63) is 0 Å². The molecule has 3 aliphatic carbocycles. The second-order valence-electron chi connectivity index (χ2n) is 8.51. The molecule has 0 heterocycles. The van der Waals surface area contributed by atoms with Gasteiger partial charge >= 0.3 is 0 Å². The minimum Gasteiger partial charge on any atom is -0.394 e. The third kappa shape index (κ3) is 3.30. The topological polar surface area (TPSA) is 35.5 Å². The standard InChI is InChI=1S/C18H34N2O/c1-13(2)19-18(12-21)7-6-17(10-18)20(3)11-16-9-14-4-5-15(16)8-14/h13-17,19,21H,4-12H2,1-3H3. The molecule has 0 amide bonds. The lowest BCUT2D eigenvalue weighted by Gasteiger charge is -2.34. The number of hydrogen-bond donors (Lipinski definition) is 2. The summed E-state index contributed by atoms with van der Waals surface area (Å²) in [5.41, 5.74) is -0.0260. The van der Waals surface area contributed by atoms with Crippen molar-refractivity contribution in [2.45, 2.75) is 76.4 Å². The molecule has 3 fully saturated rings. The molecule has 2 N–H and O–H groups in total. The fraction of sp³-hybridized carbons (Fsp3) is 1.00. The van der Waals surface area contributed by atoms with Crippen molar-refractivity contribution in [2.24, 2.45) is 17.8 Å². The minimum absolute atomic E-state index is 0.0260. The second kappa shape index (κ2) is 6.17. The van der Waals surface area contributed by atoms with E-state index in [4.69, 9.17) is 0 Å². The van der Waals surface area contributed by atoms with Crippen LogP contribution in [0.4, 0.5) is 0 Å². The number of rotatable bonds is 6. The number of nitrogens with one attached hydrogen (secondary N) is 1. The van der Waals surface area contributed by atoms with E-state index in [1.54, 1.807) is 0 Å². The lowest BCUT2D eigenvalue weighted by Crippen LogP contribution is -2.50. The van der Waals surface area contributed by atoms with Gasteiger partial charge in [0.05, 0.1) is 6.61 Å². The van der Waals surface area contributed by atoms with E-state index in [0.29, 0.717) is 12.1 Å². The molecule has 3 heteroatoms. The summed E-state index contributed by atoms with van der Waals surface area (Å²) in [4.78, 5) is 2.62. The highest BCUT2D eigenvalue weighted by Gasteiger charge is 2.43. The molecule has 0 saturated heterocycles. The Labute approximate surface area is 130 Å². The number of hydrogen-bond acceptors (Lipinski definition) is 3. The first-order chi connectivity index (χ1) is 10.0. The molecule has 21 heavy (non-hydrogen) atoms. The van der Waals surface area contributed by atoms with Gasteiger partial charge in [-0.1, -0.05) is 20.3 Å². The molecule has 0 aromatic heterocycles. The maximum atomic E-state index is 9.85. The normalized spacial score (nSPS) is 42.6. The summed E-state index contributed by atoms with van der Waals surface area (Å²) < 4.78 is 0. The molecular formula is C18H34N2O. The molecule has 3 saturated carbocycles. The molecule has 0 aliphatic heterocycles. The Balaban J connectivity index is 1.53. The van der Waals surface area contributed by atoms with Crippen molar-refractivity contribution < 1.29 is 5.11 Å². The Hall–Kier alpha value is -0.120. The average Bonchev–Trinajstić information content (AvgIpc) is 3.13. The molecule has 122 valence electrons. The van der Waals surface area contributed by atoms with Gasteiger partial charge in [0.15, 0.2) is 0 Å². The van der Waals surface area contributed by atoms with Crippen LogP contribution in [0.1, 0.15) is 58.8 Å². The van der Waals surface area contributed by atoms with E-state index in [2.05, 4.69) is 31.1 Å². The van der Waals surface area contributed by atoms with Gasteiger partial charge in [-0.2, -0.15) is 0 Å². The number of nitrogens with zero attached hydrogens (tertiary/aromatic N) is 1. The van der Waals surface area contributed by atoms with Crippen molar-refractivity contribution in [2.75, 3.05) is 20.2 Å². The maximum Gasteiger partial charge on any atom is 0.0614 e. The number of fused-ring (bicyclic) bond motifs is 2. The van der Waals surface area contributed by atoms with Crippen LogP contribution < -0.4 is 5.32 Å². The molecule has 0 aromatic rings. The molecule has 2 bridgehead atoms. The van der Waals surface area contributed by atoms with Gasteiger partial charge in [-0.05, 0) is 63.3 Å². The van der Waals surface area contributed by atoms with Crippen LogP contribution in [0.2, 0.25) is 0 Å². The zero-order valence-corrected chi connectivity index (χ0v) is 14.1. The van der Waals surface area contributed by atoms with E-state index in [1.165, 1.54) is 38.6 Å². The van der Waals surface area contributed by atoms with Gasteiger partial charge in [0.2, 0.25) is 0 Å². The predicted molar refractivity (Wildman–Crippen MR) is 87.3 cm³/mol. The highest BCUT2D eigenvalue weighted by atomic mass is 16.3. The van der Waals surface area contributed by atoms with Crippen molar-refractivity contribution >= 4 is 0 Å². The number of aliphatic hydroxyl groups excluding tert-OH is 1. The first kappa shape index (κ1) is 15.8. The van der Waals surface area contributed by atoms with Crippen LogP contribution in [0.25, 0.3) is 0 Å². The van der Waals surface area contributed by atoms with E-state index in [-0.39, 0.29) is 12.1 Å². The van der Waals surface area contributed by atoms with Crippen molar-refractivity contribution in [1.82, 2.24) is 10.2 Å². The molecule has 5 unspecified atom stereocenters. The first-order valence-corrected chi connectivity index (χ1v) is 9.10. The van der Waals surface area contributed by atoms with Gasteiger partial charge in [-0.25, -0.2) is 0 Å². The van der Waals surface area contributed by atoms with E-state index in [0.717, 1.165) is 30.6 Å². The van der Waals surface area contributed by atoms with Crippen LogP contribution in [-0.4, -0.2) is 47.8 Å². The lowest BCUT2D eigenvalue weighted by atomic mass is 9.88. The van der Waals surface area contributed by atoms with Gasteiger partial charge in [-0.3, -0.25) is 0 Å². The van der Waals surface area contributed by atoms with Gasteiger partial charge in [0.1, 0.15) is 0 Å². The molecule has 3 rings (SSSR count). The Morgan fingerprint density at radius 1 is 1.24 bits per heavy atom. The van der Waals surface area contributed by atoms with Gasteiger partial charge in [0.25, 0.3) is 0 Å². The van der Waals surface area contributed by atoms with Crippen LogP contribution >= 0.6 is 0 Å². The minimum atomic E-state index is -0.0260. The molecule has 0 spiro atoms. The summed E-state index contributed by atoms with van der Waals surface area (Å²) >= 11 is 0. The highest BCUT2D eigenvalue weighted by molar-refractivity contribution is 5.00. The fourth-order valence-electron chi connectivity index (χ4n) is 5.53. The first-order valence-electron chi connectivity index (χ1n) is 9.10. The summed E-state index contributed by atoms with van der Waals surface area (Å²) in [6.45, 7) is 5.94. The summed E-state index contributed by atoms with van der Waals surface area (Å²) in [7, 11) is 2.32. The SMILES string of the molecule is CC(C)NC1(CO)CCC(N(C)CC2CC3CCC2C3)C1. The summed E-state index contributed by atoms with van der Waals surface area (Å²) in [6.07, 6.45) is 9.45. The predicted octanol–water partition coefficient (Wildman–Crippen LogP) is 2.64. The van der Waals surface area contributed by atoms with Gasteiger partial charge < -0.3 is 15.3 Å². The Morgan fingerprint density at radius 3 is 2.62 bits per heavy atom. The zero-order chi connectivity index (χ0) is 15.0. The van der Waals surface area contributed by atoms with E-state index >= 15 is 0 Å². The number of aliphatic hydroxyl groups is 1. The van der Waals surface area contributed by atoms with Crippen LogP contribution in [0.5, 0.6) is 0 Å². The van der Waals surface area contributed by atoms with Crippen molar-refractivity contribution in [3.63, 3.8) is 0 Å². The molecule has 0 aromatic carbocycles. The third-order valence-electron chi connectivity index (χ3n) is 6.51. The summed E-state index contributed by atoms with van der Waals surface area (Å²) in [5.74, 6) is 3.03. The van der Waals surface area contributed by atoms with Crippen LogP contribution in [0.15, 0.2) is 0 Å². The van der Waals surface area contributed by atoms with Crippen molar-refractivity contribution in [3.8, 4) is 0 Å². The second-order valence-corrected chi connectivity index (χ2v) is 8.51. The van der Waals surface area contributed by atoms with E-state index in [1.807, 2.05) is 0 Å². The van der Waals surface area contributed by atoms with Crippen LogP contribution in [-0.2, 0) is 0 Å². The maximum absolute atomic E-state index is 9.85. The Kier molecular flexibility index (Phi) is 4.63. The molecule has 5 atom stereocenters. The molecule has 3 aliphatic rings. The quantitative estimate of drug-likeness (QED) is 0.790. The largest absolute Gasteiger partial charge is 0.394 e. The zero-order valence-electron chi connectivity index (χ0n) is 14.1. The third-order valence-corrected chi connectivity index (χ3v) is 6.51.